The quantitative estimate of drug-likeness (QED) is 0.863. The van der Waals surface area contributed by atoms with Crippen molar-refractivity contribution in [2.24, 2.45) is 0 Å². The molecule has 2 aromatic rings. The first-order valence-electron chi connectivity index (χ1n) is 7.27. The first-order valence-corrected chi connectivity index (χ1v) is 7.27. The second-order valence-corrected chi connectivity index (χ2v) is 5.18. The van der Waals surface area contributed by atoms with Gasteiger partial charge in [-0.3, -0.25) is 9.88 Å². The van der Waals surface area contributed by atoms with Gasteiger partial charge >= 0.3 is 0 Å². The van der Waals surface area contributed by atoms with Gasteiger partial charge < -0.3 is 9.47 Å². The molecule has 3 rings (SSSR count). The summed E-state index contributed by atoms with van der Waals surface area (Å²) in [5.74, 6) is 0.294. The van der Waals surface area contributed by atoms with Gasteiger partial charge in [-0.25, -0.2) is 9.37 Å². The predicted octanol–water partition coefficient (Wildman–Crippen LogP) is 1.90. The third kappa shape index (κ3) is 3.99. The lowest BCUT2D eigenvalue weighted by atomic mass is 10.2. The van der Waals surface area contributed by atoms with Crippen LogP contribution in [0, 0.1) is 5.82 Å². The van der Waals surface area contributed by atoms with Crippen LogP contribution < -0.4 is 4.74 Å². The molecule has 2 heterocycles. The van der Waals surface area contributed by atoms with Crippen LogP contribution in [0.1, 0.15) is 5.56 Å². The summed E-state index contributed by atoms with van der Waals surface area (Å²) in [7, 11) is 0. The molecule has 1 aliphatic heterocycles. The normalized spacial score (nSPS) is 19.6. The van der Waals surface area contributed by atoms with Crippen LogP contribution in [0.5, 0.6) is 5.88 Å². The van der Waals surface area contributed by atoms with Crippen molar-refractivity contribution in [3.63, 3.8) is 0 Å². The van der Waals surface area contributed by atoms with E-state index in [0.29, 0.717) is 37.7 Å². The molecule has 0 radical (unpaired) electrons. The number of ether oxygens (including phenoxy) is 2. The van der Waals surface area contributed by atoms with Gasteiger partial charge in [0.05, 0.1) is 19.4 Å². The largest absolute Gasteiger partial charge is 0.469 e. The van der Waals surface area contributed by atoms with Gasteiger partial charge in [0.15, 0.2) is 0 Å². The molecule has 1 aromatic heterocycles. The Morgan fingerprint density at radius 3 is 3.05 bits per heavy atom. The molecule has 0 N–H and O–H groups in total. The molecule has 1 aromatic carbocycles. The summed E-state index contributed by atoms with van der Waals surface area (Å²) >= 11 is 0. The van der Waals surface area contributed by atoms with E-state index in [-0.39, 0.29) is 11.9 Å². The van der Waals surface area contributed by atoms with Gasteiger partial charge in [-0.15, -0.1) is 0 Å². The van der Waals surface area contributed by atoms with E-state index in [9.17, 15) is 4.39 Å². The smallest absolute Gasteiger partial charge is 0.232 e. The van der Waals surface area contributed by atoms with E-state index in [1.54, 1.807) is 30.7 Å². The maximum atomic E-state index is 13.8. The van der Waals surface area contributed by atoms with Crippen molar-refractivity contribution < 1.29 is 13.9 Å². The average molecular weight is 303 g/mol. The molecule has 1 saturated heterocycles. The molecule has 0 unspecified atom stereocenters. The van der Waals surface area contributed by atoms with E-state index in [0.717, 1.165) is 6.54 Å². The van der Waals surface area contributed by atoms with Crippen LogP contribution >= 0.6 is 0 Å². The molecule has 0 aliphatic carbocycles. The van der Waals surface area contributed by atoms with Gasteiger partial charge in [0, 0.05) is 37.6 Å². The minimum Gasteiger partial charge on any atom is -0.469 e. The Morgan fingerprint density at radius 1 is 1.32 bits per heavy atom. The number of halogens is 1. The second kappa shape index (κ2) is 7.29. The van der Waals surface area contributed by atoms with E-state index in [4.69, 9.17) is 9.47 Å². The monoisotopic (exact) mass is 303 g/mol. The Hall–Kier alpha value is -2.05. The lowest BCUT2D eigenvalue weighted by molar-refractivity contribution is 0.0680. The summed E-state index contributed by atoms with van der Waals surface area (Å²) in [6.07, 6.45) is 4.61. The minimum absolute atomic E-state index is 0.147. The van der Waals surface area contributed by atoms with E-state index in [1.807, 2.05) is 6.07 Å². The van der Waals surface area contributed by atoms with Crippen LogP contribution in [0.4, 0.5) is 4.39 Å². The van der Waals surface area contributed by atoms with Crippen LogP contribution in [0.3, 0.4) is 0 Å². The Bertz CT molecular complexity index is 597. The van der Waals surface area contributed by atoms with Gasteiger partial charge in [-0.2, -0.15) is 0 Å². The van der Waals surface area contributed by atoms with Crippen molar-refractivity contribution in [1.29, 1.82) is 0 Å². The lowest BCUT2D eigenvalue weighted by Gasteiger charge is -2.23. The molecular weight excluding hydrogens is 285 g/mol. The summed E-state index contributed by atoms with van der Waals surface area (Å²) < 4.78 is 25.2. The molecule has 5 nitrogen and oxygen atoms in total. The third-order valence-corrected chi connectivity index (χ3v) is 3.50. The second-order valence-electron chi connectivity index (χ2n) is 5.18. The highest BCUT2D eigenvalue weighted by Gasteiger charge is 2.21. The Kier molecular flexibility index (Phi) is 4.92. The van der Waals surface area contributed by atoms with Crippen LogP contribution in [-0.4, -0.2) is 47.3 Å². The zero-order valence-electron chi connectivity index (χ0n) is 12.2. The van der Waals surface area contributed by atoms with Crippen LogP contribution in [0.15, 0.2) is 42.9 Å². The highest BCUT2D eigenvalue weighted by atomic mass is 19.1. The van der Waals surface area contributed by atoms with Crippen molar-refractivity contribution in [3.05, 3.63) is 54.2 Å². The topological polar surface area (TPSA) is 47.5 Å². The van der Waals surface area contributed by atoms with Crippen molar-refractivity contribution in [1.82, 2.24) is 14.9 Å². The maximum Gasteiger partial charge on any atom is 0.232 e. The number of aromatic nitrogens is 2. The summed E-state index contributed by atoms with van der Waals surface area (Å²) in [6.45, 7) is 3.04. The van der Waals surface area contributed by atoms with Crippen LogP contribution in [0.25, 0.3) is 0 Å². The highest BCUT2D eigenvalue weighted by molar-refractivity contribution is 5.17. The predicted molar refractivity (Wildman–Crippen MR) is 78.9 cm³/mol. The molecular formula is C16H18FN3O2. The Labute approximate surface area is 128 Å². The van der Waals surface area contributed by atoms with Gasteiger partial charge in [-0.05, 0) is 6.07 Å². The van der Waals surface area contributed by atoms with E-state index in [1.165, 1.54) is 6.07 Å². The molecule has 22 heavy (non-hydrogen) atoms. The SMILES string of the molecule is Fc1ccccc1CN1CCOC[C@H](Oc2cnccn2)C1. The molecule has 1 fully saturated rings. The standard InChI is InChI=1S/C16H18FN3O2/c17-15-4-2-1-3-13(15)10-20-7-8-21-12-14(11-20)22-16-9-18-5-6-19-16/h1-6,9,14H,7-8,10-12H2/t14-/m1/s1. The van der Waals surface area contributed by atoms with Crippen molar-refractivity contribution in [2.75, 3.05) is 26.3 Å². The van der Waals surface area contributed by atoms with Crippen molar-refractivity contribution in [3.8, 4) is 5.88 Å². The number of hydrogen-bond donors (Lipinski definition) is 0. The number of benzene rings is 1. The van der Waals surface area contributed by atoms with Crippen LogP contribution in [0.2, 0.25) is 0 Å². The number of nitrogens with zero attached hydrogens (tertiary/aromatic N) is 3. The lowest BCUT2D eigenvalue weighted by Crippen LogP contribution is -2.36. The molecule has 1 aliphatic rings. The van der Waals surface area contributed by atoms with Gasteiger partial charge in [0.1, 0.15) is 11.9 Å². The molecule has 0 bridgehead atoms. The van der Waals surface area contributed by atoms with Crippen LogP contribution in [-0.2, 0) is 11.3 Å². The first-order chi connectivity index (χ1) is 10.8. The van der Waals surface area contributed by atoms with Crippen molar-refractivity contribution in [2.45, 2.75) is 12.6 Å². The average Bonchev–Trinajstić information content (AvgIpc) is 2.76. The minimum atomic E-state index is -0.181. The van der Waals surface area contributed by atoms with E-state index >= 15 is 0 Å². The third-order valence-electron chi connectivity index (χ3n) is 3.50. The maximum absolute atomic E-state index is 13.8. The zero-order chi connectivity index (χ0) is 15.2. The fourth-order valence-corrected chi connectivity index (χ4v) is 2.44. The summed E-state index contributed by atoms with van der Waals surface area (Å²) in [5.41, 5.74) is 0.683. The summed E-state index contributed by atoms with van der Waals surface area (Å²) in [6, 6.07) is 6.83. The fourth-order valence-electron chi connectivity index (χ4n) is 2.44. The molecule has 0 saturated carbocycles. The Balaban J connectivity index is 1.64. The first kappa shape index (κ1) is 14.9. The molecule has 0 amide bonds. The molecule has 1 atom stereocenters. The van der Waals surface area contributed by atoms with Gasteiger partial charge in [-0.1, -0.05) is 18.2 Å². The highest BCUT2D eigenvalue weighted by Crippen LogP contribution is 2.14. The van der Waals surface area contributed by atoms with E-state index < -0.39 is 0 Å². The van der Waals surface area contributed by atoms with Gasteiger partial charge in [0.25, 0.3) is 0 Å². The Morgan fingerprint density at radius 2 is 2.23 bits per heavy atom. The molecule has 6 heteroatoms. The molecule has 0 spiro atoms. The van der Waals surface area contributed by atoms with E-state index in [2.05, 4.69) is 14.9 Å². The van der Waals surface area contributed by atoms with Gasteiger partial charge in [0.2, 0.25) is 5.88 Å². The number of hydrogen-bond acceptors (Lipinski definition) is 5. The van der Waals surface area contributed by atoms with Crippen molar-refractivity contribution >= 4 is 0 Å². The summed E-state index contributed by atoms with van der Waals surface area (Å²) in [5, 5.41) is 0. The molecule has 116 valence electrons. The fraction of sp³-hybridized carbons (Fsp3) is 0.375. The number of rotatable bonds is 4. The zero-order valence-corrected chi connectivity index (χ0v) is 12.2. The summed E-state index contributed by atoms with van der Waals surface area (Å²) in [4.78, 5) is 10.2.